The summed E-state index contributed by atoms with van der Waals surface area (Å²) in [6, 6.07) is 42.8. The van der Waals surface area contributed by atoms with E-state index >= 15 is 0 Å². The van der Waals surface area contributed by atoms with Crippen molar-refractivity contribution in [2.75, 3.05) is 0 Å². The van der Waals surface area contributed by atoms with E-state index in [0.717, 1.165) is 30.2 Å². The van der Waals surface area contributed by atoms with Crippen LogP contribution in [0.15, 0.2) is 133 Å². The molecule has 4 atom stereocenters. The van der Waals surface area contributed by atoms with Crippen LogP contribution in [0.5, 0.6) is 11.0 Å². The molecule has 1 saturated carbocycles. The van der Waals surface area contributed by atoms with Crippen molar-refractivity contribution in [2.24, 2.45) is 0 Å². The average Bonchev–Trinajstić information content (AvgIpc) is 3.78. The highest BCUT2D eigenvalue weighted by Gasteiger charge is 2.30. The molecule has 0 radical (unpaired) electrons. The molecule has 0 saturated heterocycles. The lowest BCUT2D eigenvalue weighted by atomic mass is 9.99. The van der Waals surface area contributed by atoms with Crippen LogP contribution in [-0.2, 0) is 0 Å². The maximum absolute atomic E-state index is 6.82. The van der Waals surface area contributed by atoms with Crippen LogP contribution in [0.1, 0.15) is 19.3 Å². The molecule has 7 rings (SSSR count). The van der Waals surface area contributed by atoms with Gasteiger partial charge in [0.1, 0.15) is 23.2 Å². The van der Waals surface area contributed by atoms with Crippen molar-refractivity contribution in [3.05, 3.63) is 133 Å². The van der Waals surface area contributed by atoms with Gasteiger partial charge in [0.05, 0.1) is 0 Å². The Kier molecular flexibility index (Phi) is 7.52. The largest absolute Gasteiger partial charge is 0.486 e. The topological polar surface area (TPSA) is 18.5 Å². The molecule has 1 aliphatic rings. The molecule has 4 unspecified atom stereocenters. The highest BCUT2D eigenvalue weighted by atomic mass is 31.0. The molecule has 0 N–H and O–H groups in total. The van der Waals surface area contributed by atoms with Crippen molar-refractivity contribution in [1.82, 2.24) is 0 Å². The maximum atomic E-state index is 6.82. The Morgan fingerprint density at radius 3 is 1.15 bits per heavy atom. The Morgan fingerprint density at radius 2 is 0.780 bits per heavy atom. The summed E-state index contributed by atoms with van der Waals surface area (Å²) in [5.74, 6) is 4.70. The fourth-order valence-corrected chi connectivity index (χ4v) is 8.41. The molecular weight excluding hydrogens is 538 g/mol. The lowest BCUT2D eigenvalue weighted by Gasteiger charge is -2.18. The van der Waals surface area contributed by atoms with Gasteiger partial charge in [0.15, 0.2) is 0 Å². The molecule has 1 fully saturated rings. The Bertz CT molecular complexity index is 1580. The zero-order valence-corrected chi connectivity index (χ0v) is 24.8. The number of hydrogen-bond donors (Lipinski definition) is 0. The zero-order chi connectivity index (χ0) is 27.4. The van der Waals surface area contributed by atoms with Gasteiger partial charge in [-0.05, 0) is 57.8 Å². The molecule has 2 heterocycles. The minimum Gasteiger partial charge on any atom is -0.486 e. The molecule has 1 aliphatic carbocycles. The molecule has 2 nitrogen and oxygen atoms in total. The maximum Gasteiger partial charge on any atom is 0.143 e. The minimum absolute atomic E-state index is 0.164. The first-order chi connectivity index (χ1) is 20.3. The second kappa shape index (κ2) is 11.9. The van der Waals surface area contributed by atoms with Crippen LogP contribution in [0.3, 0.4) is 0 Å². The second-order valence-electron chi connectivity index (χ2n) is 10.6. The van der Waals surface area contributed by atoms with Gasteiger partial charge in [0.25, 0.3) is 0 Å². The first kappa shape index (κ1) is 26.0. The van der Waals surface area contributed by atoms with E-state index in [-0.39, 0.29) is 12.2 Å². The third-order valence-electron chi connectivity index (χ3n) is 7.89. The van der Waals surface area contributed by atoms with Crippen molar-refractivity contribution in [1.29, 1.82) is 0 Å². The number of hydrogen-bond acceptors (Lipinski definition) is 2. The summed E-state index contributed by atoms with van der Waals surface area (Å²) in [6.07, 6.45) is 3.26. The number of benzene rings is 4. The summed E-state index contributed by atoms with van der Waals surface area (Å²) >= 11 is 0. The Morgan fingerprint density at radius 1 is 0.439 bits per heavy atom. The highest BCUT2D eigenvalue weighted by molar-refractivity contribution is 7.33. The standard InChI is InChI=1S/C37H32O2P2/c1-5-13-26(14-6-1)32-24-40-36(34(32)28-17-9-3-10-18-28)38-30-21-22-31(23-30)39-37-35(29-19-11-4-12-20-29)33(25-41-37)27-15-7-2-8-16-27/h1-20,24-25,30-31,40-41H,21-23H2. The summed E-state index contributed by atoms with van der Waals surface area (Å²) in [5.41, 5.74) is 12.2. The van der Waals surface area contributed by atoms with Gasteiger partial charge in [-0.3, -0.25) is 0 Å². The van der Waals surface area contributed by atoms with E-state index < -0.39 is 0 Å². The highest BCUT2D eigenvalue weighted by Crippen LogP contribution is 2.50. The van der Waals surface area contributed by atoms with Gasteiger partial charge in [0, 0.05) is 17.5 Å². The lowest BCUT2D eigenvalue weighted by Crippen LogP contribution is -2.17. The molecule has 0 aliphatic heterocycles. The Balaban J connectivity index is 1.13. The molecule has 41 heavy (non-hydrogen) atoms. The van der Waals surface area contributed by atoms with Crippen LogP contribution in [0, 0.1) is 0 Å². The van der Waals surface area contributed by atoms with Gasteiger partial charge in [-0.15, -0.1) is 0 Å². The van der Waals surface area contributed by atoms with E-state index in [0.29, 0.717) is 16.4 Å². The number of rotatable bonds is 8. The summed E-state index contributed by atoms with van der Waals surface area (Å²) < 4.78 is 13.6. The first-order valence-corrected chi connectivity index (χ1v) is 16.5. The van der Waals surface area contributed by atoms with E-state index in [1.54, 1.807) is 0 Å². The van der Waals surface area contributed by atoms with Crippen LogP contribution in [0.4, 0.5) is 0 Å². The van der Waals surface area contributed by atoms with Crippen LogP contribution in [-0.4, -0.2) is 12.2 Å². The molecular formula is C37H32O2P2. The van der Waals surface area contributed by atoms with Gasteiger partial charge in [-0.1, -0.05) is 138 Å². The molecule has 0 amide bonds. The normalized spacial score (nSPS) is 16.9. The summed E-state index contributed by atoms with van der Waals surface area (Å²) in [7, 11) is 1.06. The van der Waals surface area contributed by atoms with Crippen LogP contribution < -0.4 is 9.47 Å². The van der Waals surface area contributed by atoms with E-state index in [1.807, 2.05) is 0 Å². The quantitative estimate of drug-likeness (QED) is 0.181. The molecule has 202 valence electrons. The molecule has 4 aromatic carbocycles. The fourth-order valence-electron chi connectivity index (χ4n) is 5.92. The molecule has 4 heteroatoms. The van der Waals surface area contributed by atoms with E-state index in [9.17, 15) is 0 Å². The average molecular weight is 571 g/mol. The summed E-state index contributed by atoms with van der Waals surface area (Å²) in [6.45, 7) is 0. The van der Waals surface area contributed by atoms with Crippen molar-refractivity contribution in [3.63, 3.8) is 0 Å². The van der Waals surface area contributed by atoms with E-state index in [2.05, 4.69) is 133 Å². The Labute approximate surface area is 245 Å². The zero-order valence-electron chi connectivity index (χ0n) is 22.8. The number of ether oxygens (including phenoxy) is 2. The van der Waals surface area contributed by atoms with Gasteiger partial charge in [-0.2, -0.15) is 0 Å². The molecule has 6 aromatic rings. The van der Waals surface area contributed by atoms with Crippen molar-refractivity contribution >= 4 is 16.4 Å². The van der Waals surface area contributed by atoms with Crippen molar-refractivity contribution < 1.29 is 9.47 Å². The van der Waals surface area contributed by atoms with Crippen molar-refractivity contribution in [3.8, 4) is 55.5 Å². The van der Waals surface area contributed by atoms with E-state index in [4.69, 9.17) is 9.47 Å². The third kappa shape index (κ3) is 5.51. The predicted octanol–water partition coefficient (Wildman–Crippen LogP) is 10.8. The second-order valence-corrected chi connectivity index (χ2v) is 12.6. The summed E-state index contributed by atoms with van der Waals surface area (Å²) in [5, 5.41) is 0. The van der Waals surface area contributed by atoms with Crippen LogP contribution >= 0.6 is 16.4 Å². The predicted molar refractivity (Wildman–Crippen MR) is 176 cm³/mol. The molecule has 0 spiro atoms. The molecule has 2 aromatic heterocycles. The SMILES string of the molecule is c1ccc(-c2c[pH]c(OC3CCC(Oc4[pH]cc(-c5ccccc5)c4-c4ccccc4)C3)c2-c2ccccc2)cc1. The summed E-state index contributed by atoms with van der Waals surface area (Å²) in [4.78, 5) is 0. The third-order valence-corrected chi connectivity index (χ3v) is 10.0. The fraction of sp³-hybridized carbons (Fsp3) is 0.135. The smallest absolute Gasteiger partial charge is 0.143 e. The van der Waals surface area contributed by atoms with Crippen LogP contribution in [0.2, 0.25) is 0 Å². The Hall–Kier alpha value is -3.96. The minimum atomic E-state index is 0.164. The van der Waals surface area contributed by atoms with Crippen LogP contribution in [0.25, 0.3) is 44.5 Å². The van der Waals surface area contributed by atoms with Gasteiger partial charge >= 0.3 is 0 Å². The monoisotopic (exact) mass is 570 g/mol. The van der Waals surface area contributed by atoms with Crippen molar-refractivity contribution in [2.45, 2.75) is 31.5 Å². The van der Waals surface area contributed by atoms with Gasteiger partial charge < -0.3 is 9.47 Å². The molecule has 0 bridgehead atoms. The first-order valence-electron chi connectivity index (χ1n) is 14.3. The van der Waals surface area contributed by atoms with Gasteiger partial charge in [-0.25, -0.2) is 0 Å². The van der Waals surface area contributed by atoms with Gasteiger partial charge in [0.2, 0.25) is 0 Å². The lowest BCUT2D eigenvalue weighted by molar-refractivity contribution is 0.173. The van der Waals surface area contributed by atoms with E-state index in [1.165, 1.54) is 44.5 Å².